The molecule has 0 aliphatic heterocycles. The van der Waals surface area contributed by atoms with Crippen molar-refractivity contribution in [3.8, 4) is 0 Å². The van der Waals surface area contributed by atoms with Gasteiger partial charge in [-0.1, -0.05) is 0 Å². The van der Waals surface area contributed by atoms with E-state index in [1.807, 2.05) is 0 Å². The van der Waals surface area contributed by atoms with Gasteiger partial charge in [0.25, 0.3) is 0 Å². The molecule has 0 radical (unpaired) electrons. The van der Waals surface area contributed by atoms with Gasteiger partial charge in [0.2, 0.25) is 11.8 Å². The number of carboxylic acid groups (broad SMARTS) is 3. The SMILES string of the molecule is NC(CCC(=O)NC(CS)C(=O)NC(CCC(=O)O)C(=O)O)C(=O)O. The third kappa shape index (κ3) is 9.52. The number of rotatable bonds is 12. The fraction of sp³-hybridized carbons (Fsp3) is 0.615. The fourth-order valence-corrected chi connectivity index (χ4v) is 1.93. The minimum atomic E-state index is -1.43. The van der Waals surface area contributed by atoms with Gasteiger partial charge in [0.1, 0.15) is 18.1 Å². The zero-order valence-corrected chi connectivity index (χ0v) is 14.1. The Balaban J connectivity index is 4.61. The highest BCUT2D eigenvalue weighted by Crippen LogP contribution is 2.01. The first-order valence-electron chi connectivity index (χ1n) is 7.22. The number of carbonyl (C=O) groups excluding carboxylic acids is 2. The van der Waals surface area contributed by atoms with Gasteiger partial charge < -0.3 is 31.7 Å². The maximum atomic E-state index is 12.0. The van der Waals surface area contributed by atoms with E-state index in [1.54, 1.807) is 0 Å². The lowest BCUT2D eigenvalue weighted by atomic mass is 10.1. The van der Waals surface area contributed by atoms with Crippen molar-refractivity contribution in [2.45, 2.75) is 43.8 Å². The molecular formula is C13H21N3O8S. The molecule has 0 saturated carbocycles. The molecule has 3 atom stereocenters. The predicted octanol–water partition coefficient (Wildman–Crippen LogP) is -1.97. The summed E-state index contributed by atoms with van der Waals surface area (Å²) >= 11 is 3.89. The van der Waals surface area contributed by atoms with E-state index >= 15 is 0 Å². The number of hydrogen-bond acceptors (Lipinski definition) is 7. The van der Waals surface area contributed by atoms with E-state index in [2.05, 4.69) is 23.3 Å². The van der Waals surface area contributed by atoms with Crippen LogP contribution in [0.3, 0.4) is 0 Å². The maximum absolute atomic E-state index is 12.0. The molecule has 12 heteroatoms. The Kier molecular flexibility index (Phi) is 10.2. The molecule has 0 aromatic rings. The number of carboxylic acids is 3. The average Bonchev–Trinajstić information content (AvgIpc) is 2.53. The van der Waals surface area contributed by atoms with Gasteiger partial charge in [-0.15, -0.1) is 0 Å². The second-order valence-electron chi connectivity index (χ2n) is 5.12. The molecule has 0 heterocycles. The highest BCUT2D eigenvalue weighted by atomic mass is 32.1. The standard InChI is InChI=1S/C13H21N3O8S/c14-6(12(21)22)1-3-9(17)15-8(5-25)11(20)16-7(13(23)24)2-4-10(18)19/h6-8,25H,1-5,14H2,(H,15,17)(H,16,20)(H,18,19)(H,21,22)(H,23,24). The average molecular weight is 379 g/mol. The van der Waals surface area contributed by atoms with Crippen LogP contribution in [0.25, 0.3) is 0 Å². The summed E-state index contributed by atoms with van der Waals surface area (Å²) in [5.41, 5.74) is 5.26. The topological polar surface area (TPSA) is 196 Å². The summed E-state index contributed by atoms with van der Waals surface area (Å²) in [5.74, 6) is -5.53. The molecule has 0 aromatic carbocycles. The Morgan fingerprint density at radius 1 is 0.880 bits per heavy atom. The summed E-state index contributed by atoms with van der Waals surface area (Å²) in [6.45, 7) is 0. The van der Waals surface area contributed by atoms with E-state index in [0.29, 0.717) is 0 Å². The number of hydrogen-bond donors (Lipinski definition) is 7. The first-order chi connectivity index (χ1) is 11.6. The Morgan fingerprint density at radius 3 is 1.92 bits per heavy atom. The van der Waals surface area contributed by atoms with E-state index in [4.69, 9.17) is 21.1 Å². The summed E-state index contributed by atoms with van der Waals surface area (Å²) < 4.78 is 0. The lowest BCUT2D eigenvalue weighted by Crippen LogP contribution is -2.52. The normalized spacial score (nSPS) is 14.0. The van der Waals surface area contributed by atoms with Crippen LogP contribution in [0.1, 0.15) is 25.7 Å². The molecule has 11 nitrogen and oxygen atoms in total. The third-order valence-electron chi connectivity index (χ3n) is 3.10. The van der Waals surface area contributed by atoms with E-state index < -0.39 is 54.3 Å². The molecule has 2 amide bonds. The summed E-state index contributed by atoms with van der Waals surface area (Å²) in [7, 11) is 0. The Hall–Kier alpha value is -2.34. The first-order valence-corrected chi connectivity index (χ1v) is 7.85. The minimum absolute atomic E-state index is 0.140. The Morgan fingerprint density at radius 2 is 1.48 bits per heavy atom. The monoisotopic (exact) mass is 379 g/mol. The van der Waals surface area contributed by atoms with E-state index in [1.165, 1.54) is 0 Å². The second-order valence-corrected chi connectivity index (χ2v) is 5.48. The minimum Gasteiger partial charge on any atom is -0.481 e. The van der Waals surface area contributed by atoms with Crippen molar-refractivity contribution in [2.75, 3.05) is 5.75 Å². The van der Waals surface area contributed by atoms with Crippen molar-refractivity contribution in [1.82, 2.24) is 10.6 Å². The number of nitrogens with two attached hydrogens (primary N) is 1. The highest BCUT2D eigenvalue weighted by molar-refractivity contribution is 7.80. The Bertz CT molecular complexity index is 527. The first kappa shape index (κ1) is 22.7. The molecule has 142 valence electrons. The smallest absolute Gasteiger partial charge is 0.326 e. The quantitative estimate of drug-likeness (QED) is 0.188. The van der Waals surface area contributed by atoms with Gasteiger partial charge >= 0.3 is 17.9 Å². The van der Waals surface area contributed by atoms with E-state index in [0.717, 1.165) is 0 Å². The fourth-order valence-electron chi connectivity index (χ4n) is 1.67. The molecule has 0 saturated heterocycles. The van der Waals surface area contributed by atoms with Crippen molar-refractivity contribution < 1.29 is 39.3 Å². The van der Waals surface area contributed by atoms with Crippen LogP contribution in [0.4, 0.5) is 0 Å². The number of nitrogens with one attached hydrogen (secondary N) is 2. The summed E-state index contributed by atoms with van der Waals surface area (Å²) in [4.78, 5) is 55.8. The van der Waals surface area contributed by atoms with Crippen molar-refractivity contribution in [3.63, 3.8) is 0 Å². The van der Waals surface area contributed by atoms with Crippen molar-refractivity contribution >= 4 is 42.4 Å². The van der Waals surface area contributed by atoms with Gasteiger partial charge in [-0.3, -0.25) is 19.2 Å². The van der Waals surface area contributed by atoms with Gasteiger partial charge in [-0.2, -0.15) is 12.6 Å². The van der Waals surface area contributed by atoms with Crippen molar-refractivity contribution in [1.29, 1.82) is 0 Å². The van der Waals surface area contributed by atoms with Crippen LogP contribution in [-0.2, 0) is 24.0 Å². The molecule has 0 bridgehead atoms. The van der Waals surface area contributed by atoms with Gasteiger partial charge in [0.15, 0.2) is 0 Å². The lowest BCUT2D eigenvalue weighted by Gasteiger charge is -2.20. The van der Waals surface area contributed by atoms with Crippen LogP contribution in [0, 0.1) is 0 Å². The van der Waals surface area contributed by atoms with Crippen LogP contribution < -0.4 is 16.4 Å². The molecule has 3 unspecified atom stereocenters. The molecule has 0 spiro atoms. The molecule has 25 heavy (non-hydrogen) atoms. The van der Waals surface area contributed by atoms with E-state index in [9.17, 15) is 24.0 Å². The van der Waals surface area contributed by atoms with Gasteiger partial charge in [0.05, 0.1) is 0 Å². The zero-order chi connectivity index (χ0) is 19.6. The zero-order valence-electron chi connectivity index (χ0n) is 13.2. The van der Waals surface area contributed by atoms with Crippen LogP contribution >= 0.6 is 12.6 Å². The molecule has 7 N–H and O–H groups in total. The third-order valence-corrected chi connectivity index (χ3v) is 3.46. The second kappa shape index (κ2) is 11.3. The summed E-state index contributed by atoms with van der Waals surface area (Å²) in [5, 5.41) is 30.6. The van der Waals surface area contributed by atoms with Gasteiger partial charge in [0, 0.05) is 18.6 Å². The molecule has 0 aliphatic rings. The summed E-state index contributed by atoms with van der Waals surface area (Å²) in [6, 6.07) is -3.81. The van der Waals surface area contributed by atoms with Crippen LogP contribution in [-0.4, -0.2) is 68.9 Å². The van der Waals surface area contributed by atoms with Crippen LogP contribution in [0.2, 0.25) is 0 Å². The molecule has 0 rings (SSSR count). The number of amides is 2. The van der Waals surface area contributed by atoms with Crippen molar-refractivity contribution in [2.24, 2.45) is 5.73 Å². The largest absolute Gasteiger partial charge is 0.481 e. The van der Waals surface area contributed by atoms with Crippen LogP contribution in [0.15, 0.2) is 0 Å². The Labute approximate surface area is 148 Å². The van der Waals surface area contributed by atoms with Gasteiger partial charge in [-0.25, -0.2) is 4.79 Å². The number of aliphatic carboxylic acids is 3. The molecule has 0 aromatic heterocycles. The van der Waals surface area contributed by atoms with Crippen molar-refractivity contribution in [3.05, 3.63) is 0 Å². The van der Waals surface area contributed by atoms with Crippen LogP contribution in [0.5, 0.6) is 0 Å². The highest BCUT2D eigenvalue weighted by Gasteiger charge is 2.26. The summed E-state index contributed by atoms with van der Waals surface area (Å²) in [6.07, 6.45) is -1.16. The molecule has 0 fully saturated rings. The number of thiol groups is 1. The molecule has 0 aliphatic carbocycles. The maximum Gasteiger partial charge on any atom is 0.326 e. The molecular weight excluding hydrogens is 358 g/mol. The predicted molar refractivity (Wildman–Crippen MR) is 87.1 cm³/mol. The van der Waals surface area contributed by atoms with Gasteiger partial charge in [-0.05, 0) is 12.8 Å². The lowest BCUT2D eigenvalue weighted by molar-refractivity contribution is -0.143. The van der Waals surface area contributed by atoms with E-state index in [-0.39, 0.29) is 25.0 Å². The number of carbonyl (C=O) groups is 5.